The van der Waals surface area contributed by atoms with Crippen molar-refractivity contribution in [2.75, 3.05) is 17.1 Å². The SMILES string of the molecule is CCc1ccc(N(CC(=O)N/N=C\c2ccccc2Cl)S(C)(=O)=O)cc1. The van der Waals surface area contributed by atoms with E-state index in [1.165, 1.54) is 6.21 Å². The molecule has 6 nitrogen and oxygen atoms in total. The van der Waals surface area contributed by atoms with Crippen LogP contribution in [0.15, 0.2) is 53.6 Å². The normalized spacial score (nSPS) is 11.5. The van der Waals surface area contributed by atoms with Crippen molar-refractivity contribution in [1.29, 1.82) is 0 Å². The van der Waals surface area contributed by atoms with E-state index < -0.39 is 15.9 Å². The number of nitrogens with one attached hydrogen (secondary N) is 1. The van der Waals surface area contributed by atoms with Gasteiger partial charge in [-0.15, -0.1) is 0 Å². The zero-order valence-electron chi connectivity index (χ0n) is 14.5. The molecule has 0 spiro atoms. The summed E-state index contributed by atoms with van der Waals surface area (Å²) in [6, 6.07) is 14.1. The monoisotopic (exact) mass is 393 g/mol. The van der Waals surface area contributed by atoms with Gasteiger partial charge in [0.15, 0.2) is 0 Å². The summed E-state index contributed by atoms with van der Waals surface area (Å²) in [5, 5.41) is 4.33. The number of anilines is 1. The number of carbonyl (C=O) groups excluding carboxylic acids is 1. The molecule has 1 amide bonds. The van der Waals surface area contributed by atoms with E-state index in [1.54, 1.807) is 36.4 Å². The molecule has 0 heterocycles. The van der Waals surface area contributed by atoms with Gasteiger partial charge in [0.1, 0.15) is 6.54 Å². The van der Waals surface area contributed by atoms with Crippen LogP contribution >= 0.6 is 11.6 Å². The second-order valence-electron chi connectivity index (χ2n) is 5.60. The van der Waals surface area contributed by atoms with Crippen molar-refractivity contribution in [1.82, 2.24) is 5.43 Å². The van der Waals surface area contributed by atoms with Crippen molar-refractivity contribution >= 4 is 39.4 Å². The summed E-state index contributed by atoms with van der Waals surface area (Å²) in [5.74, 6) is -0.557. The highest BCUT2D eigenvalue weighted by molar-refractivity contribution is 7.92. The molecule has 0 unspecified atom stereocenters. The largest absolute Gasteiger partial charge is 0.271 e. The molecule has 0 atom stereocenters. The maximum absolute atomic E-state index is 12.1. The van der Waals surface area contributed by atoms with Crippen LogP contribution in [0.1, 0.15) is 18.1 Å². The molecular formula is C18H20ClN3O3S. The lowest BCUT2D eigenvalue weighted by Gasteiger charge is -2.21. The van der Waals surface area contributed by atoms with Crippen LogP contribution in [0.2, 0.25) is 5.02 Å². The van der Waals surface area contributed by atoms with Crippen LogP contribution in [0.5, 0.6) is 0 Å². The average molecular weight is 394 g/mol. The fourth-order valence-electron chi connectivity index (χ4n) is 2.22. The molecule has 0 radical (unpaired) electrons. The van der Waals surface area contributed by atoms with Gasteiger partial charge in [-0.1, -0.05) is 48.9 Å². The summed E-state index contributed by atoms with van der Waals surface area (Å²) in [6.07, 6.45) is 3.30. The fraction of sp³-hybridized carbons (Fsp3) is 0.222. The predicted octanol–water partition coefficient (Wildman–Crippen LogP) is 2.82. The summed E-state index contributed by atoms with van der Waals surface area (Å²) in [6.45, 7) is 1.64. The zero-order chi connectivity index (χ0) is 19.2. The third-order valence-corrected chi connectivity index (χ3v) is 5.10. The van der Waals surface area contributed by atoms with Crippen molar-refractivity contribution in [3.63, 3.8) is 0 Å². The topological polar surface area (TPSA) is 78.8 Å². The smallest absolute Gasteiger partial charge is 0.260 e. The Bertz CT molecular complexity index is 896. The van der Waals surface area contributed by atoms with Crippen LogP contribution in [0.25, 0.3) is 0 Å². The second kappa shape index (κ2) is 8.82. The summed E-state index contributed by atoms with van der Waals surface area (Å²) in [7, 11) is -3.62. The molecule has 0 aromatic heterocycles. The number of aryl methyl sites for hydroxylation is 1. The van der Waals surface area contributed by atoms with Gasteiger partial charge in [0, 0.05) is 10.6 Å². The lowest BCUT2D eigenvalue weighted by molar-refractivity contribution is -0.119. The number of hydrogen-bond acceptors (Lipinski definition) is 4. The second-order valence-corrected chi connectivity index (χ2v) is 7.92. The molecule has 0 aliphatic heterocycles. The van der Waals surface area contributed by atoms with Crippen molar-refractivity contribution in [2.45, 2.75) is 13.3 Å². The molecule has 0 saturated heterocycles. The molecule has 0 bridgehead atoms. The summed E-state index contributed by atoms with van der Waals surface area (Å²) in [4.78, 5) is 12.1. The molecule has 0 saturated carbocycles. The number of benzene rings is 2. The lowest BCUT2D eigenvalue weighted by atomic mass is 10.1. The minimum Gasteiger partial charge on any atom is -0.271 e. The first-order valence-electron chi connectivity index (χ1n) is 7.94. The van der Waals surface area contributed by atoms with Gasteiger partial charge in [0.05, 0.1) is 18.2 Å². The van der Waals surface area contributed by atoms with Gasteiger partial charge in [-0.3, -0.25) is 9.10 Å². The van der Waals surface area contributed by atoms with Crippen LogP contribution in [-0.4, -0.2) is 33.3 Å². The number of carbonyl (C=O) groups is 1. The first-order valence-corrected chi connectivity index (χ1v) is 10.2. The molecule has 26 heavy (non-hydrogen) atoms. The standard InChI is InChI=1S/C18H20ClN3O3S/c1-3-14-8-10-16(11-9-14)22(26(2,24)25)13-18(23)21-20-12-15-6-4-5-7-17(15)19/h4-12H,3,13H2,1-2H3,(H,21,23)/b20-12-. The van der Waals surface area contributed by atoms with Crippen molar-refractivity contribution in [2.24, 2.45) is 5.10 Å². The van der Waals surface area contributed by atoms with Crippen LogP contribution in [0.4, 0.5) is 5.69 Å². The van der Waals surface area contributed by atoms with Gasteiger partial charge in [-0.2, -0.15) is 5.10 Å². The van der Waals surface area contributed by atoms with E-state index >= 15 is 0 Å². The van der Waals surface area contributed by atoms with Crippen LogP contribution in [-0.2, 0) is 21.2 Å². The third kappa shape index (κ3) is 5.57. The number of nitrogens with zero attached hydrogens (tertiary/aromatic N) is 2. The zero-order valence-corrected chi connectivity index (χ0v) is 16.1. The quantitative estimate of drug-likeness (QED) is 0.580. The predicted molar refractivity (Wildman–Crippen MR) is 105 cm³/mol. The van der Waals surface area contributed by atoms with E-state index in [9.17, 15) is 13.2 Å². The number of amides is 1. The number of halogens is 1. The van der Waals surface area contributed by atoms with Crippen molar-refractivity contribution in [3.05, 3.63) is 64.7 Å². The van der Waals surface area contributed by atoms with Gasteiger partial charge in [0.25, 0.3) is 5.91 Å². The van der Waals surface area contributed by atoms with Gasteiger partial charge in [-0.05, 0) is 30.2 Å². The summed E-state index contributed by atoms with van der Waals surface area (Å²) in [5.41, 5.74) is 4.47. The minimum atomic E-state index is -3.62. The fourth-order valence-corrected chi connectivity index (χ4v) is 3.26. The molecule has 1 N–H and O–H groups in total. The first kappa shape index (κ1) is 19.9. The van der Waals surface area contributed by atoms with Gasteiger partial charge >= 0.3 is 0 Å². The third-order valence-electron chi connectivity index (χ3n) is 3.62. The molecule has 0 aliphatic carbocycles. The maximum Gasteiger partial charge on any atom is 0.260 e. The van der Waals surface area contributed by atoms with Gasteiger partial charge in [0.2, 0.25) is 10.0 Å². The molecular weight excluding hydrogens is 374 g/mol. The molecule has 8 heteroatoms. The Balaban J connectivity index is 2.08. The van der Waals surface area contributed by atoms with E-state index in [0.29, 0.717) is 16.3 Å². The Kier molecular flexibility index (Phi) is 6.76. The number of hydrazone groups is 1. The Hall–Kier alpha value is -2.38. The highest BCUT2D eigenvalue weighted by Gasteiger charge is 2.20. The molecule has 2 aromatic rings. The van der Waals surface area contributed by atoms with E-state index in [0.717, 1.165) is 22.5 Å². The number of hydrogen-bond donors (Lipinski definition) is 1. The first-order chi connectivity index (χ1) is 12.3. The summed E-state index contributed by atoms with van der Waals surface area (Å²) >= 11 is 6.00. The molecule has 0 fully saturated rings. The van der Waals surface area contributed by atoms with E-state index in [2.05, 4.69) is 10.5 Å². The van der Waals surface area contributed by atoms with Crippen LogP contribution < -0.4 is 9.73 Å². The molecule has 0 aliphatic rings. The Labute approximate surface area is 158 Å². The lowest BCUT2D eigenvalue weighted by Crippen LogP contribution is -2.39. The van der Waals surface area contributed by atoms with Crippen molar-refractivity contribution in [3.8, 4) is 0 Å². The molecule has 138 valence electrons. The number of sulfonamides is 1. The van der Waals surface area contributed by atoms with E-state index in [4.69, 9.17) is 11.6 Å². The van der Waals surface area contributed by atoms with Gasteiger partial charge in [-0.25, -0.2) is 13.8 Å². The van der Waals surface area contributed by atoms with E-state index in [1.807, 2.05) is 19.1 Å². The van der Waals surface area contributed by atoms with Gasteiger partial charge < -0.3 is 0 Å². The molecule has 2 aromatic carbocycles. The number of rotatable bonds is 7. The highest BCUT2D eigenvalue weighted by Crippen LogP contribution is 2.18. The maximum atomic E-state index is 12.1. The molecule has 2 rings (SSSR count). The Morgan fingerprint density at radius 2 is 1.85 bits per heavy atom. The van der Waals surface area contributed by atoms with Crippen LogP contribution in [0, 0.1) is 0 Å². The Morgan fingerprint density at radius 1 is 1.19 bits per heavy atom. The highest BCUT2D eigenvalue weighted by atomic mass is 35.5. The Morgan fingerprint density at radius 3 is 2.42 bits per heavy atom. The summed E-state index contributed by atoms with van der Waals surface area (Å²) < 4.78 is 25.1. The van der Waals surface area contributed by atoms with E-state index in [-0.39, 0.29) is 6.54 Å². The average Bonchev–Trinajstić information content (AvgIpc) is 2.60. The van der Waals surface area contributed by atoms with Crippen LogP contribution in [0.3, 0.4) is 0 Å². The minimum absolute atomic E-state index is 0.371. The van der Waals surface area contributed by atoms with Crippen molar-refractivity contribution < 1.29 is 13.2 Å².